The van der Waals surface area contributed by atoms with Crippen LogP contribution in [0.3, 0.4) is 0 Å². The van der Waals surface area contributed by atoms with Crippen LogP contribution in [0, 0.1) is 5.41 Å². The summed E-state index contributed by atoms with van der Waals surface area (Å²) in [5.74, 6) is -0.195. The fourth-order valence-corrected chi connectivity index (χ4v) is 2.70. The Bertz CT molecular complexity index is 935. The van der Waals surface area contributed by atoms with Crippen LogP contribution >= 0.6 is 11.6 Å². The van der Waals surface area contributed by atoms with Crippen molar-refractivity contribution in [1.29, 1.82) is 5.41 Å². The molecule has 5 N–H and O–H groups in total. The van der Waals surface area contributed by atoms with Crippen LogP contribution in [0.4, 0.5) is 24.8 Å². The van der Waals surface area contributed by atoms with Gasteiger partial charge in [-0.25, -0.2) is 13.6 Å². The molecule has 8 nitrogen and oxygen atoms in total. The number of nitrogens with two attached hydrogens (primary N) is 1. The number of sulfonamides is 1. The number of nitrogens with one attached hydrogen (secondary N) is 3. The molecule has 0 unspecified atom stereocenters. The highest BCUT2D eigenvalue weighted by atomic mass is 35.5. The lowest BCUT2D eigenvalue weighted by Gasteiger charge is -2.14. The van der Waals surface area contributed by atoms with Gasteiger partial charge in [0.25, 0.3) is 0 Å². The molecular formula is C14H14ClF3N6O2S. The minimum absolute atomic E-state index is 0.00944. The summed E-state index contributed by atoms with van der Waals surface area (Å²) < 4.78 is 59.7. The van der Waals surface area contributed by atoms with E-state index in [0.717, 1.165) is 6.21 Å². The molecule has 1 heterocycles. The maximum atomic E-state index is 12.4. The van der Waals surface area contributed by atoms with E-state index in [9.17, 15) is 21.6 Å². The Kier molecular flexibility index (Phi) is 6.23. The molecular weight excluding hydrogens is 409 g/mol. The lowest BCUT2D eigenvalue weighted by atomic mass is 10.2. The third-order valence-electron chi connectivity index (χ3n) is 3.23. The van der Waals surface area contributed by atoms with Crippen molar-refractivity contribution in [3.05, 3.63) is 40.7 Å². The van der Waals surface area contributed by atoms with Crippen LogP contribution in [0.5, 0.6) is 0 Å². The predicted octanol–water partition coefficient (Wildman–Crippen LogP) is 2.36. The van der Waals surface area contributed by atoms with Crippen molar-refractivity contribution in [2.75, 3.05) is 17.2 Å². The second-order valence-corrected chi connectivity index (χ2v) is 7.16. The molecule has 0 aliphatic rings. The largest absolute Gasteiger partial charge is 0.405 e. The van der Waals surface area contributed by atoms with Crippen molar-refractivity contribution in [3.8, 4) is 0 Å². The van der Waals surface area contributed by atoms with Crippen molar-refractivity contribution in [2.45, 2.75) is 17.6 Å². The van der Waals surface area contributed by atoms with Gasteiger partial charge in [-0.15, -0.1) is 0 Å². The summed E-state index contributed by atoms with van der Waals surface area (Å²) >= 11 is 5.74. The van der Waals surface area contributed by atoms with Gasteiger partial charge in [0.2, 0.25) is 15.3 Å². The molecule has 146 valence electrons. The topological polar surface area (TPSA) is 134 Å². The number of anilines is 2. The first-order valence-electron chi connectivity index (χ1n) is 7.24. The first-order chi connectivity index (χ1) is 12.5. The Morgan fingerprint density at radius 3 is 2.19 bits per heavy atom. The number of rotatable bonds is 7. The zero-order chi connectivity index (χ0) is 20.2. The minimum Gasteiger partial charge on any atom is -0.365 e. The summed E-state index contributed by atoms with van der Waals surface area (Å²) in [6.07, 6.45) is -3.68. The fourth-order valence-electron chi connectivity index (χ4n) is 2.02. The smallest absolute Gasteiger partial charge is 0.365 e. The fraction of sp³-hybridized carbons (Fsp3) is 0.214. The molecule has 1 aromatic heterocycles. The molecule has 13 heteroatoms. The zero-order valence-corrected chi connectivity index (χ0v) is 15.1. The third kappa shape index (κ3) is 6.05. The zero-order valence-electron chi connectivity index (χ0n) is 13.5. The number of alkyl halides is 3. The van der Waals surface area contributed by atoms with E-state index in [1.165, 1.54) is 24.3 Å². The second kappa shape index (κ2) is 8.06. The highest BCUT2D eigenvalue weighted by molar-refractivity contribution is 7.89. The number of benzene rings is 1. The maximum absolute atomic E-state index is 12.4. The standard InChI is InChI=1S/C14H14ClF3N6O2S/c15-13-23-11(10(5-19)12(24-13)22-7-14(16,17)18)21-6-8-1-3-9(4-2-8)27(20,25)26/h1-5,19H,6-7H2,(H2,20,25,26)(H2,21,22,23,24). The van der Waals surface area contributed by atoms with E-state index in [0.29, 0.717) is 5.56 Å². The molecule has 0 amide bonds. The normalized spacial score (nSPS) is 11.9. The van der Waals surface area contributed by atoms with Crippen molar-refractivity contribution in [1.82, 2.24) is 9.97 Å². The lowest BCUT2D eigenvalue weighted by molar-refractivity contribution is -0.115. The van der Waals surface area contributed by atoms with Crippen molar-refractivity contribution in [2.24, 2.45) is 5.14 Å². The molecule has 2 aromatic rings. The Morgan fingerprint density at radius 2 is 1.70 bits per heavy atom. The van der Waals surface area contributed by atoms with Gasteiger partial charge in [-0.05, 0) is 29.3 Å². The predicted molar refractivity (Wildman–Crippen MR) is 94.6 cm³/mol. The van der Waals surface area contributed by atoms with Gasteiger partial charge in [0.1, 0.15) is 18.2 Å². The second-order valence-electron chi connectivity index (χ2n) is 5.26. The molecule has 1 aromatic carbocycles. The van der Waals surface area contributed by atoms with Gasteiger partial charge >= 0.3 is 6.18 Å². The van der Waals surface area contributed by atoms with Crippen molar-refractivity contribution in [3.63, 3.8) is 0 Å². The van der Waals surface area contributed by atoms with E-state index >= 15 is 0 Å². The molecule has 0 bridgehead atoms. The van der Waals surface area contributed by atoms with E-state index in [1.54, 1.807) is 0 Å². The Labute approximate surface area is 157 Å². The Morgan fingerprint density at radius 1 is 1.15 bits per heavy atom. The summed E-state index contributed by atoms with van der Waals surface area (Å²) in [5.41, 5.74) is 0.627. The lowest BCUT2D eigenvalue weighted by Crippen LogP contribution is -2.23. The van der Waals surface area contributed by atoms with Crippen LogP contribution in [0.15, 0.2) is 29.2 Å². The minimum atomic E-state index is -4.48. The van der Waals surface area contributed by atoms with Gasteiger partial charge < -0.3 is 16.0 Å². The van der Waals surface area contributed by atoms with E-state index in [2.05, 4.69) is 20.6 Å². The molecule has 0 aliphatic carbocycles. The first-order valence-corrected chi connectivity index (χ1v) is 9.16. The van der Waals surface area contributed by atoms with E-state index in [-0.39, 0.29) is 33.9 Å². The van der Waals surface area contributed by atoms with Gasteiger partial charge in [0.15, 0.2) is 0 Å². The average Bonchev–Trinajstić information content (AvgIpc) is 2.56. The van der Waals surface area contributed by atoms with Crippen molar-refractivity contribution < 1.29 is 21.6 Å². The summed E-state index contributed by atoms with van der Waals surface area (Å²) in [4.78, 5) is 7.49. The SMILES string of the molecule is N=Cc1c(NCc2ccc(S(N)(=O)=O)cc2)nc(Cl)nc1NCC(F)(F)F. The van der Waals surface area contributed by atoms with Gasteiger partial charge in [-0.2, -0.15) is 23.1 Å². The highest BCUT2D eigenvalue weighted by Crippen LogP contribution is 2.24. The summed E-state index contributed by atoms with van der Waals surface area (Å²) in [5, 5.41) is 17.0. The van der Waals surface area contributed by atoms with Crippen LogP contribution in [-0.2, 0) is 16.6 Å². The summed E-state index contributed by atoms with van der Waals surface area (Å²) in [6.45, 7) is -1.21. The third-order valence-corrected chi connectivity index (χ3v) is 4.33. The Hall–Kier alpha value is -2.44. The number of aromatic nitrogens is 2. The number of hydrogen-bond donors (Lipinski definition) is 4. The van der Waals surface area contributed by atoms with Gasteiger partial charge in [0.05, 0.1) is 10.5 Å². The van der Waals surface area contributed by atoms with E-state index in [4.69, 9.17) is 22.1 Å². The number of hydrogen-bond acceptors (Lipinski definition) is 7. The summed E-state index contributed by atoms with van der Waals surface area (Å²) in [6, 6.07) is 5.63. The quantitative estimate of drug-likeness (QED) is 0.400. The first kappa shape index (κ1) is 20.9. The molecule has 27 heavy (non-hydrogen) atoms. The molecule has 0 atom stereocenters. The molecule has 0 saturated carbocycles. The molecule has 0 spiro atoms. The van der Waals surface area contributed by atoms with Crippen LogP contribution in [0.2, 0.25) is 5.28 Å². The van der Waals surface area contributed by atoms with Gasteiger partial charge in [-0.3, -0.25) is 0 Å². The molecule has 0 saturated heterocycles. The van der Waals surface area contributed by atoms with Crippen LogP contribution in [0.25, 0.3) is 0 Å². The number of nitrogens with zero attached hydrogens (tertiary/aromatic N) is 2. The van der Waals surface area contributed by atoms with Crippen molar-refractivity contribution >= 4 is 39.5 Å². The molecule has 0 fully saturated rings. The summed E-state index contributed by atoms with van der Waals surface area (Å²) in [7, 11) is -3.82. The maximum Gasteiger partial charge on any atom is 0.405 e. The molecule has 0 radical (unpaired) electrons. The molecule has 2 rings (SSSR count). The van der Waals surface area contributed by atoms with Crippen LogP contribution < -0.4 is 15.8 Å². The van der Waals surface area contributed by atoms with Crippen LogP contribution in [-0.4, -0.2) is 37.3 Å². The van der Waals surface area contributed by atoms with E-state index < -0.39 is 22.7 Å². The monoisotopic (exact) mass is 422 g/mol. The van der Waals surface area contributed by atoms with Gasteiger partial charge in [-0.1, -0.05) is 12.1 Å². The highest BCUT2D eigenvalue weighted by Gasteiger charge is 2.27. The Balaban J connectivity index is 2.20. The van der Waals surface area contributed by atoms with Crippen LogP contribution in [0.1, 0.15) is 11.1 Å². The van der Waals surface area contributed by atoms with Gasteiger partial charge in [0, 0.05) is 12.8 Å². The average molecular weight is 423 g/mol. The number of halogens is 4. The molecule has 0 aliphatic heterocycles. The number of primary sulfonamides is 1. The van der Waals surface area contributed by atoms with E-state index in [1.807, 2.05) is 0 Å².